The Morgan fingerprint density at radius 2 is 1.70 bits per heavy atom. The first-order valence-corrected chi connectivity index (χ1v) is 9.81. The topological polar surface area (TPSA) is 72.8 Å². The standard InChI is InChI=1S/C25H26O5/c1-14(2)24(27)29-21-8-16(5)23(26)20(13-21)10-17-6-7-18-11-22(12-19(18)9-17)30-25(28)15(3)4/h6-9,13,22,26H,1,3,10-12H2,2,4-5H3. The molecule has 156 valence electrons. The lowest BCUT2D eigenvalue weighted by Crippen LogP contribution is -2.18. The lowest BCUT2D eigenvalue weighted by Gasteiger charge is -2.12. The van der Waals surface area contributed by atoms with Crippen LogP contribution < -0.4 is 4.74 Å². The highest BCUT2D eigenvalue weighted by Crippen LogP contribution is 2.32. The van der Waals surface area contributed by atoms with Crippen LogP contribution in [0.25, 0.3) is 0 Å². The van der Waals surface area contributed by atoms with E-state index in [2.05, 4.69) is 19.2 Å². The number of ether oxygens (including phenoxy) is 2. The maximum Gasteiger partial charge on any atom is 0.338 e. The van der Waals surface area contributed by atoms with Crippen LogP contribution >= 0.6 is 0 Å². The Bertz CT molecular complexity index is 1050. The highest BCUT2D eigenvalue weighted by atomic mass is 16.5. The molecular weight excluding hydrogens is 380 g/mol. The summed E-state index contributed by atoms with van der Waals surface area (Å²) in [6, 6.07) is 9.42. The van der Waals surface area contributed by atoms with Crippen LogP contribution in [0.15, 0.2) is 54.6 Å². The van der Waals surface area contributed by atoms with Gasteiger partial charge in [-0.25, -0.2) is 9.59 Å². The molecular formula is C25H26O5. The molecule has 2 aromatic rings. The maximum absolute atomic E-state index is 11.8. The molecule has 0 spiro atoms. The lowest BCUT2D eigenvalue weighted by atomic mass is 9.98. The predicted molar refractivity (Wildman–Crippen MR) is 115 cm³/mol. The molecule has 0 radical (unpaired) electrons. The summed E-state index contributed by atoms with van der Waals surface area (Å²) in [5.74, 6) is -0.311. The summed E-state index contributed by atoms with van der Waals surface area (Å²) in [5.41, 5.74) is 5.30. The SMILES string of the molecule is C=C(C)C(=O)Oc1cc(C)c(O)c(Cc2ccc3c(c2)CC(OC(=O)C(=C)C)C3)c1. The molecule has 0 amide bonds. The second-order valence-electron chi connectivity index (χ2n) is 7.91. The zero-order chi connectivity index (χ0) is 22.0. The molecule has 5 heteroatoms. The van der Waals surface area contributed by atoms with Crippen molar-refractivity contribution in [2.24, 2.45) is 0 Å². The van der Waals surface area contributed by atoms with Crippen LogP contribution in [0.2, 0.25) is 0 Å². The first-order chi connectivity index (χ1) is 14.1. The van der Waals surface area contributed by atoms with Crippen molar-refractivity contribution in [1.82, 2.24) is 0 Å². The molecule has 1 aliphatic carbocycles. The average Bonchev–Trinajstić information content (AvgIpc) is 3.06. The number of rotatable bonds is 6. The monoisotopic (exact) mass is 406 g/mol. The van der Waals surface area contributed by atoms with Gasteiger partial charge in [-0.3, -0.25) is 0 Å². The number of aryl methyl sites for hydroxylation is 1. The summed E-state index contributed by atoms with van der Waals surface area (Å²) in [6.45, 7) is 12.2. The number of carbonyl (C=O) groups excluding carboxylic acids is 2. The van der Waals surface area contributed by atoms with Gasteiger partial charge in [-0.1, -0.05) is 31.4 Å². The van der Waals surface area contributed by atoms with Crippen LogP contribution in [0, 0.1) is 6.92 Å². The zero-order valence-corrected chi connectivity index (χ0v) is 17.6. The number of phenolic OH excluding ortho intramolecular Hbond substituents is 1. The van der Waals surface area contributed by atoms with E-state index >= 15 is 0 Å². The fraction of sp³-hybridized carbons (Fsp3) is 0.280. The van der Waals surface area contributed by atoms with Gasteiger partial charge in [0.1, 0.15) is 17.6 Å². The summed E-state index contributed by atoms with van der Waals surface area (Å²) in [6.07, 6.45) is 1.64. The average molecular weight is 406 g/mol. The molecule has 0 heterocycles. The summed E-state index contributed by atoms with van der Waals surface area (Å²) in [7, 11) is 0. The predicted octanol–water partition coefficient (Wildman–Crippen LogP) is 4.36. The normalized spacial score (nSPS) is 14.7. The number of hydrogen-bond acceptors (Lipinski definition) is 5. The molecule has 1 atom stereocenters. The van der Waals surface area contributed by atoms with Crippen LogP contribution in [-0.4, -0.2) is 23.1 Å². The fourth-order valence-corrected chi connectivity index (χ4v) is 3.50. The summed E-state index contributed by atoms with van der Waals surface area (Å²) in [4.78, 5) is 23.6. The molecule has 0 aromatic heterocycles. The molecule has 3 rings (SSSR count). The largest absolute Gasteiger partial charge is 0.507 e. The van der Waals surface area contributed by atoms with Crippen LogP contribution in [0.3, 0.4) is 0 Å². The van der Waals surface area contributed by atoms with Gasteiger partial charge in [0.25, 0.3) is 0 Å². The van der Waals surface area contributed by atoms with E-state index < -0.39 is 5.97 Å². The van der Waals surface area contributed by atoms with Gasteiger partial charge in [-0.05, 0) is 55.2 Å². The number of carbonyl (C=O) groups is 2. The number of aromatic hydroxyl groups is 1. The van der Waals surface area contributed by atoms with Crippen LogP contribution in [0.1, 0.15) is 41.7 Å². The maximum atomic E-state index is 11.8. The van der Waals surface area contributed by atoms with Crippen LogP contribution in [0.5, 0.6) is 11.5 Å². The Morgan fingerprint density at radius 3 is 2.37 bits per heavy atom. The Hall–Kier alpha value is -3.34. The van der Waals surface area contributed by atoms with Crippen molar-refractivity contribution < 1.29 is 24.2 Å². The molecule has 0 bridgehead atoms. The van der Waals surface area contributed by atoms with E-state index in [-0.39, 0.29) is 17.8 Å². The van der Waals surface area contributed by atoms with E-state index in [0.717, 1.165) is 16.7 Å². The highest BCUT2D eigenvalue weighted by molar-refractivity contribution is 5.89. The molecule has 0 aliphatic heterocycles. The number of esters is 2. The van der Waals surface area contributed by atoms with E-state index in [1.54, 1.807) is 32.9 Å². The van der Waals surface area contributed by atoms with Crippen LogP contribution in [0.4, 0.5) is 0 Å². The quantitative estimate of drug-likeness (QED) is 0.438. The van der Waals surface area contributed by atoms with Gasteiger partial charge in [-0.15, -0.1) is 0 Å². The van der Waals surface area contributed by atoms with Crippen molar-refractivity contribution >= 4 is 11.9 Å². The molecule has 30 heavy (non-hydrogen) atoms. The summed E-state index contributed by atoms with van der Waals surface area (Å²) in [5, 5.41) is 10.5. The van der Waals surface area contributed by atoms with Gasteiger partial charge in [0, 0.05) is 36.0 Å². The summed E-state index contributed by atoms with van der Waals surface area (Å²) < 4.78 is 10.8. The third-order valence-corrected chi connectivity index (χ3v) is 5.09. The van der Waals surface area contributed by atoms with Crippen molar-refractivity contribution in [2.75, 3.05) is 0 Å². The second kappa shape index (κ2) is 8.57. The van der Waals surface area contributed by atoms with E-state index in [9.17, 15) is 14.7 Å². The third kappa shape index (κ3) is 4.79. The van der Waals surface area contributed by atoms with E-state index in [1.165, 1.54) is 0 Å². The molecule has 2 aromatic carbocycles. The van der Waals surface area contributed by atoms with Crippen molar-refractivity contribution in [1.29, 1.82) is 0 Å². The zero-order valence-electron chi connectivity index (χ0n) is 17.6. The Balaban J connectivity index is 1.78. The molecule has 1 aliphatic rings. The van der Waals surface area contributed by atoms with Gasteiger partial charge in [-0.2, -0.15) is 0 Å². The van der Waals surface area contributed by atoms with Gasteiger partial charge < -0.3 is 14.6 Å². The fourth-order valence-electron chi connectivity index (χ4n) is 3.50. The van der Waals surface area contributed by atoms with Gasteiger partial charge in [0.2, 0.25) is 0 Å². The smallest absolute Gasteiger partial charge is 0.338 e. The second-order valence-corrected chi connectivity index (χ2v) is 7.91. The molecule has 0 saturated carbocycles. The van der Waals surface area contributed by atoms with Crippen molar-refractivity contribution in [3.8, 4) is 11.5 Å². The minimum Gasteiger partial charge on any atom is -0.507 e. The minimum atomic E-state index is -0.501. The van der Waals surface area contributed by atoms with Crippen molar-refractivity contribution in [3.63, 3.8) is 0 Å². The van der Waals surface area contributed by atoms with Gasteiger partial charge in [0.05, 0.1) is 0 Å². The van der Waals surface area contributed by atoms with E-state index in [0.29, 0.717) is 47.3 Å². The molecule has 0 fully saturated rings. The number of fused-ring (bicyclic) bond motifs is 1. The lowest BCUT2D eigenvalue weighted by molar-refractivity contribution is -0.143. The van der Waals surface area contributed by atoms with E-state index in [4.69, 9.17) is 9.47 Å². The van der Waals surface area contributed by atoms with Crippen molar-refractivity contribution in [3.05, 3.63) is 82.5 Å². The molecule has 1 unspecified atom stereocenters. The number of phenols is 1. The first-order valence-electron chi connectivity index (χ1n) is 9.81. The molecule has 5 nitrogen and oxygen atoms in total. The Morgan fingerprint density at radius 1 is 1.03 bits per heavy atom. The van der Waals surface area contributed by atoms with Gasteiger partial charge in [0.15, 0.2) is 0 Å². The Kier molecular flexibility index (Phi) is 6.11. The number of hydrogen-bond donors (Lipinski definition) is 1. The highest BCUT2D eigenvalue weighted by Gasteiger charge is 2.25. The minimum absolute atomic E-state index is 0.180. The third-order valence-electron chi connectivity index (χ3n) is 5.09. The first kappa shape index (κ1) is 21.4. The van der Waals surface area contributed by atoms with Crippen LogP contribution in [-0.2, 0) is 33.6 Å². The van der Waals surface area contributed by atoms with E-state index in [1.807, 2.05) is 12.1 Å². The molecule has 1 N–H and O–H groups in total. The van der Waals surface area contributed by atoms with Crippen molar-refractivity contribution in [2.45, 2.75) is 46.1 Å². The van der Waals surface area contributed by atoms with Gasteiger partial charge >= 0.3 is 11.9 Å². The summed E-state index contributed by atoms with van der Waals surface area (Å²) >= 11 is 0. The number of benzene rings is 2. The Labute approximate surface area is 176 Å². The molecule has 0 saturated heterocycles.